The zero-order valence-corrected chi connectivity index (χ0v) is 18.8. The van der Waals surface area contributed by atoms with Gasteiger partial charge in [0.1, 0.15) is 23.2 Å². The molecule has 0 aliphatic carbocycles. The van der Waals surface area contributed by atoms with E-state index >= 15 is 0 Å². The molecule has 0 amide bonds. The van der Waals surface area contributed by atoms with Crippen molar-refractivity contribution in [2.24, 2.45) is 0 Å². The summed E-state index contributed by atoms with van der Waals surface area (Å²) in [6, 6.07) is 32.6. The van der Waals surface area contributed by atoms with Crippen LogP contribution in [0, 0.1) is 0 Å². The number of aliphatic hydroxyl groups is 1. The van der Waals surface area contributed by atoms with Crippen molar-refractivity contribution < 1.29 is 30.3 Å². The van der Waals surface area contributed by atoms with Gasteiger partial charge in [0, 0.05) is 6.61 Å². The molecule has 0 aliphatic rings. The van der Waals surface area contributed by atoms with E-state index in [1.54, 1.807) is 0 Å². The van der Waals surface area contributed by atoms with Crippen LogP contribution in [-0.2, 0) is 0 Å². The van der Waals surface area contributed by atoms with Crippen molar-refractivity contribution in [1.29, 1.82) is 0 Å². The van der Waals surface area contributed by atoms with E-state index in [1.807, 2.05) is 0 Å². The van der Waals surface area contributed by atoms with E-state index in [2.05, 4.69) is 103 Å². The Hall–Kier alpha value is -2.20. The molecule has 0 saturated carbocycles. The minimum Gasteiger partial charge on any atom is -0.396 e. The number of hydrogen-bond acceptors (Lipinski definition) is 1. The fraction of sp³-hybridized carbons (Fsp3) is 0.130. The summed E-state index contributed by atoms with van der Waals surface area (Å²) >= 11 is 0. The summed E-state index contributed by atoms with van der Waals surface area (Å²) in [6.45, 7) is 0.198. The van der Waals surface area contributed by atoms with Gasteiger partial charge in [0.15, 0.2) is 0 Å². The van der Waals surface area contributed by atoms with E-state index in [0.29, 0.717) is 6.42 Å². The van der Waals surface area contributed by atoms with Gasteiger partial charge in [-0.05, 0) is 42.8 Å². The van der Waals surface area contributed by atoms with Gasteiger partial charge >= 0.3 is 33.0 Å². The van der Waals surface area contributed by atoms with E-state index in [-0.39, 0.29) is 6.61 Å². The average molecular weight is 492 g/mol. The van der Waals surface area contributed by atoms with E-state index in [0.717, 1.165) is 6.16 Å². The molecule has 0 fully saturated rings. The average Bonchev–Trinajstić information content (AvgIpc) is 2.74. The Labute approximate surface area is 184 Å². The van der Waals surface area contributed by atoms with Crippen molar-refractivity contribution in [3.05, 3.63) is 103 Å². The van der Waals surface area contributed by atoms with Gasteiger partial charge in [-0.15, -0.1) is 0 Å². The van der Waals surface area contributed by atoms with Crippen molar-refractivity contribution in [1.82, 2.24) is 0 Å². The van der Waals surface area contributed by atoms with Crippen LogP contribution in [0.2, 0.25) is 0 Å². The predicted octanol–water partition coefficient (Wildman–Crippen LogP) is 7.30. The first kappa shape index (κ1) is 26.1. The van der Waals surface area contributed by atoms with Crippen molar-refractivity contribution in [2.75, 3.05) is 12.8 Å². The van der Waals surface area contributed by atoms with E-state index < -0.39 is 15.1 Å². The largest absolute Gasteiger partial charge is 0.396 e. The number of rotatable bonds is 7. The zero-order valence-electron chi connectivity index (χ0n) is 17.0. The molecule has 3 rings (SSSR count). The normalized spacial score (nSPS) is 14.2. The molecule has 3 aromatic carbocycles. The van der Waals surface area contributed by atoms with Crippen molar-refractivity contribution in [3.8, 4) is 0 Å². The Kier molecular flexibility index (Phi) is 7.93. The Balaban J connectivity index is 0.000000451. The van der Waals surface area contributed by atoms with Crippen LogP contribution in [0.3, 0.4) is 0 Å². The van der Waals surface area contributed by atoms with Gasteiger partial charge in [-0.1, -0.05) is 66.7 Å². The molecule has 0 aromatic heterocycles. The predicted molar refractivity (Wildman–Crippen MR) is 124 cm³/mol. The van der Waals surface area contributed by atoms with Gasteiger partial charge in [-0.3, -0.25) is 0 Å². The molecule has 0 radical (unpaired) electrons. The molecule has 32 heavy (non-hydrogen) atoms. The Morgan fingerprint density at radius 1 is 0.594 bits per heavy atom. The maximum absolute atomic E-state index is 10.7. The number of aliphatic hydroxyl groups excluding tert-OH is 1. The van der Waals surface area contributed by atoms with Gasteiger partial charge in [-0.2, -0.15) is 0 Å². The third-order valence-electron chi connectivity index (χ3n) is 4.43. The van der Waals surface area contributed by atoms with Gasteiger partial charge in [0.05, 0.1) is 6.16 Å². The molecule has 1 nitrogen and oxygen atoms in total. The molecule has 174 valence electrons. The molecule has 0 spiro atoms. The van der Waals surface area contributed by atoms with Crippen LogP contribution in [-0.4, -0.2) is 17.9 Å². The summed E-state index contributed by atoms with van der Waals surface area (Å²) in [7, 11) is -12.4. The topological polar surface area (TPSA) is 20.2 Å². The van der Waals surface area contributed by atoms with Gasteiger partial charge in [0.2, 0.25) is 0 Å². The fourth-order valence-corrected chi connectivity index (χ4v) is 7.27. The van der Waals surface area contributed by atoms with Gasteiger partial charge in [-0.25, -0.2) is 0 Å². The zero-order chi connectivity index (χ0) is 23.8. The second-order valence-corrected chi connectivity index (χ2v) is 12.4. The van der Waals surface area contributed by atoms with Crippen LogP contribution in [0.1, 0.15) is 6.42 Å². The molecule has 1 N–H and O–H groups in total. The molecule has 9 heteroatoms. The molecule has 3 aromatic rings. The maximum atomic E-state index is 9.87. The number of benzene rings is 3. The molecule has 0 bridgehead atoms. The van der Waals surface area contributed by atoms with Gasteiger partial charge < -0.3 is 5.11 Å². The smallest absolute Gasteiger partial charge is 0.115 e. The number of hydrogen-bond donors (Lipinski definition) is 1. The first-order valence-electron chi connectivity index (χ1n) is 9.70. The summed E-state index contributed by atoms with van der Waals surface area (Å²) < 4.78 is 59.2. The van der Waals surface area contributed by atoms with E-state index in [9.17, 15) is 25.2 Å². The molecular weight excluding hydrogens is 468 g/mol. The molecule has 0 unspecified atom stereocenters. The Morgan fingerprint density at radius 2 is 0.906 bits per heavy atom. The van der Waals surface area contributed by atoms with Crippen molar-refractivity contribution in [3.63, 3.8) is 0 Å². The quantitative estimate of drug-likeness (QED) is 0.209. The minimum absolute atomic E-state index is 0.198. The van der Waals surface area contributed by atoms with E-state index in [4.69, 9.17) is 5.11 Å². The van der Waals surface area contributed by atoms with Crippen LogP contribution in [0.4, 0.5) is 25.2 Å². The third kappa shape index (κ3) is 9.12. The molecule has 0 atom stereocenters. The summed E-state index contributed by atoms with van der Waals surface area (Å²) in [5.74, 6) is 0. The van der Waals surface area contributed by atoms with Crippen LogP contribution < -0.4 is 15.9 Å². The SMILES string of the molecule is F[P-](F)(F)(F)(F)F.OCC/C=C/C[P+](c1ccccc1)(c1ccccc1)c1ccccc1. The monoisotopic (exact) mass is 492 g/mol. The summed E-state index contributed by atoms with van der Waals surface area (Å²) in [5, 5.41) is 13.3. The van der Waals surface area contributed by atoms with Gasteiger partial charge in [0.25, 0.3) is 0 Å². The second-order valence-electron chi connectivity index (χ2n) is 6.94. The Morgan fingerprint density at radius 3 is 1.19 bits per heavy atom. The summed E-state index contributed by atoms with van der Waals surface area (Å²) in [5.41, 5.74) is 0. The number of halogens is 6. The first-order valence-corrected chi connectivity index (χ1v) is 13.7. The molecule has 0 aliphatic heterocycles. The first-order chi connectivity index (χ1) is 14.8. The molecular formula is C23H24F6OP2. The molecule has 0 saturated heterocycles. The molecule has 0 heterocycles. The summed E-state index contributed by atoms with van der Waals surface area (Å²) in [6.07, 6.45) is 6.02. The van der Waals surface area contributed by atoms with Crippen LogP contribution in [0.25, 0.3) is 0 Å². The van der Waals surface area contributed by atoms with E-state index in [1.165, 1.54) is 15.9 Å². The minimum atomic E-state index is -10.7. The summed E-state index contributed by atoms with van der Waals surface area (Å²) in [4.78, 5) is 0. The maximum Gasteiger partial charge on any atom is 0.115 e. The van der Waals surface area contributed by atoms with Crippen LogP contribution >= 0.6 is 15.1 Å². The number of allylic oxidation sites excluding steroid dienone is 1. The fourth-order valence-electron chi connectivity index (χ4n) is 3.24. The van der Waals surface area contributed by atoms with Crippen molar-refractivity contribution in [2.45, 2.75) is 6.42 Å². The Bertz CT molecular complexity index is 885. The standard InChI is InChI=1S/C23H24OP.F6P/c24-19-11-4-12-20-25(21-13-5-1-6-14-21,22-15-7-2-8-16-22)23-17-9-3-10-18-23;1-7(2,3,4,5)6/h1-10,12-18,24H,11,19-20H2;/q+1;-1/b12-4+;. The van der Waals surface area contributed by atoms with Crippen LogP contribution in [0.15, 0.2) is 103 Å². The third-order valence-corrected chi connectivity index (χ3v) is 8.73. The van der Waals surface area contributed by atoms with Crippen molar-refractivity contribution >= 4 is 31.0 Å². The van der Waals surface area contributed by atoms with Crippen LogP contribution in [0.5, 0.6) is 0 Å². The second kappa shape index (κ2) is 9.74.